The summed E-state index contributed by atoms with van der Waals surface area (Å²) in [4.78, 5) is 21.7. The zero-order chi connectivity index (χ0) is 11.6. The molecule has 0 bridgehead atoms. The van der Waals surface area contributed by atoms with E-state index in [1.165, 1.54) is 13.1 Å². The lowest BCUT2D eigenvalue weighted by Crippen LogP contribution is -2.25. The van der Waals surface area contributed by atoms with E-state index in [1.54, 1.807) is 0 Å². The Kier molecular flexibility index (Phi) is 3.11. The Morgan fingerprint density at radius 1 is 1.60 bits per heavy atom. The van der Waals surface area contributed by atoms with Gasteiger partial charge in [0.25, 0.3) is 0 Å². The second-order valence-electron chi connectivity index (χ2n) is 3.06. The van der Waals surface area contributed by atoms with Gasteiger partial charge in [0.05, 0.1) is 12.3 Å². The van der Waals surface area contributed by atoms with Crippen LogP contribution in [0.4, 0.5) is 0 Å². The number of aromatic hydroxyl groups is 1. The lowest BCUT2D eigenvalue weighted by atomic mass is 10.2. The Labute approximate surface area is 85.0 Å². The number of aliphatic hydroxyl groups is 1. The molecule has 0 aromatic carbocycles. The maximum absolute atomic E-state index is 11.0. The predicted molar refractivity (Wildman–Crippen MR) is 50.9 cm³/mol. The van der Waals surface area contributed by atoms with E-state index < -0.39 is 29.8 Å². The first kappa shape index (κ1) is 11.3. The first-order valence-electron chi connectivity index (χ1n) is 4.23. The number of carboxylic acids is 1. The minimum atomic E-state index is -1.23. The molecule has 1 aromatic rings. The van der Waals surface area contributed by atoms with Gasteiger partial charge in [-0.25, -0.2) is 4.79 Å². The Hall–Kier alpha value is -1.82. The largest absolute Gasteiger partial charge is 0.503 e. The molecule has 0 aliphatic carbocycles. The zero-order valence-electron chi connectivity index (χ0n) is 8.04. The lowest BCUT2D eigenvalue weighted by molar-refractivity contribution is -0.142. The molecule has 0 unspecified atom stereocenters. The third kappa shape index (κ3) is 1.99. The van der Waals surface area contributed by atoms with Gasteiger partial charge >= 0.3 is 5.97 Å². The quantitative estimate of drug-likeness (QED) is 0.627. The Morgan fingerprint density at radius 3 is 2.67 bits per heavy atom. The van der Waals surface area contributed by atoms with Gasteiger partial charge in [0.1, 0.15) is 0 Å². The second kappa shape index (κ2) is 4.14. The van der Waals surface area contributed by atoms with E-state index in [2.05, 4.69) is 0 Å². The van der Waals surface area contributed by atoms with Gasteiger partial charge in [0, 0.05) is 12.3 Å². The van der Waals surface area contributed by atoms with Crippen LogP contribution in [0.5, 0.6) is 5.75 Å². The average molecular weight is 213 g/mol. The van der Waals surface area contributed by atoms with Gasteiger partial charge in [-0.05, 0) is 6.92 Å². The molecule has 15 heavy (non-hydrogen) atoms. The van der Waals surface area contributed by atoms with Crippen molar-refractivity contribution < 1.29 is 20.1 Å². The van der Waals surface area contributed by atoms with Crippen molar-refractivity contribution in [3.63, 3.8) is 0 Å². The highest BCUT2D eigenvalue weighted by atomic mass is 16.4. The van der Waals surface area contributed by atoms with Crippen LogP contribution in [-0.4, -0.2) is 32.5 Å². The molecule has 0 saturated carbocycles. The fourth-order valence-electron chi connectivity index (χ4n) is 1.26. The summed E-state index contributed by atoms with van der Waals surface area (Å²) in [6.07, 6.45) is 1.23. The van der Waals surface area contributed by atoms with Crippen molar-refractivity contribution in [3.05, 3.63) is 28.2 Å². The molecule has 0 fully saturated rings. The number of aliphatic hydroxyl groups excluding tert-OH is 1. The van der Waals surface area contributed by atoms with Crippen LogP contribution in [0, 0.1) is 6.92 Å². The first-order valence-corrected chi connectivity index (χ1v) is 4.23. The minimum absolute atomic E-state index is 0.115. The van der Waals surface area contributed by atoms with Crippen LogP contribution in [0.2, 0.25) is 0 Å². The lowest BCUT2D eigenvalue weighted by Gasteiger charge is -2.17. The molecule has 82 valence electrons. The zero-order valence-corrected chi connectivity index (χ0v) is 8.04. The van der Waals surface area contributed by atoms with E-state index in [-0.39, 0.29) is 5.69 Å². The molecule has 6 heteroatoms. The van der Waals surface area contributed by atoms with E-state index in [4.69, 9.17) is 10.2 Å². The molecule has 0 spiro atoms. The number of carbonyl (C=O) groups is 1. The van der Waals surface area contributed by atoms with Crippen molar-refractivity contribution in [1.82, 2.24) is 4.57 Å². The summed E-state index contributed by atoms with van der Waals surface area (Å²) in [7, 11) is 0. The Balaban J connectivity index is 3.32. The van der Waals surface area contributed by atoms with Crippen molar-refractivity contribution in [1.29, 1.82) is 0 Å². The number of pyridine rings is 1. The molecule has 1 aromatic heterocycles. The van der Waals surface area contributed by atoms with Crippen molar-refractivity contribution in [2.75, 3.05) is 6.61 Å². The standard InChI is InChI=1S/C9H11NO5/c1-5-8(13)7(12)2-3-10(5)6(4-11)9(14)15/h2-3,6,11,13H,4H2,1H3,(H,14,15)/t6-/m0/s1. The maximum Gasteiger partial charge on any atom is 0.329 e. The van der Waals surface area contributed by atoms with Crippen LogP contribution in [0.1, 0.15) is 11.7 Å². The summed E-state index contributed by atoms with van der Waals surface area (Å²) in [6, 6.07) is -0.148. The van der Waals surface area contributed by atoms with Crippen LogP contribution in [0.25, 0.3) is 0 Å². The molecular formula is C9H11NO5. The predicted octanol–water partition coefficient (Wildman–Crippen LogP) is -0.520. The molecule has 0 aliphatic rings. The Morgan fingerprint density at radius 2 is 2.20 bits per heavy atom. The maximum atomic E-state index is 11.0. The Bertz CT molecular complexity index is 437. The van der Waals surface area contributed by atoms with Crippen LogP contribution in [-0.2, 0) is 4.79 Å². The fraction of sp³-hybridized carbons (Fsp3) is 0.333. The summed E-state index contributed by atoms with van der Waals surface area (Å²) < 4.78 is 1.14. The molecular weight excluding hydrogens is 202 g/mol. The van der Waals surface area contributed by atoms with Crippen LogP contribution >= 0.6 is 0 Å². The molecule has 3 N–H and O–H groups in total. The number of hydrogen-bond donors (Lipinski definition) is 3. The van der Waals surface area contributed by atoms with Gasteiger partial charge in [0.15, 0.2) is 11.8 Å². The number of carboxylic acid groups (broad SMARTS) is 1. The van der Waals surface area contributed by atoms with Crippen LogP contribution < -0.4 is 5.43 Å². The van der Waals surface area contributed by atoms with Crippen LogP contribution in [0.15, 0.2) is 17.1 Å². The van der Waals surface area contributed by atoms with Crippen molar-refractivity contribution in [3.8, 4) is 5.75 Å². The number of aliphatic carboxylic acids is 1. The third-order valence-electron chi connectivity index (χ3n) is 2.14. The van der Waals surface area contributed by atoms with E-state index in [1.807, 2.05) is 0 Å². The molecule has 1 atom stereocenters. The molecule has 1 rings (SSSR count). The van der Waals surface area contributed by atoms with E-state index in [0.717, 1.165) is 10.6 Å². The van der Waals surface area contributed by atoms with Gasteiger partial charge in [-0.2, -0.15) is 0 Å². The average Bonchev–Trinajstić information content (AvgIpc) is 2.18. The van der Waals surface area contributed by atoms with Gasteiger partial charge in [-0.15, -0.1) is 0 Å². The summed E-state index contributed by atoms with van der Waals surface area (Å²) in [6.45, 7) is 0.792. The van der Waals surface area contributed by atoms with Crippen LogP contribution in [0.3, 0.4) is 0 Å². The van der Waals surface area contributed by atoms with Crippen molar-refractivity contribution in [2.24, 2.45) is 0 Å². The van der Waals surface area contributed by atoms with E-state index in [9.17, 15) is 14.7 Å². The summed E-state index contributed by atoms with van der Waals surface area (Å²) in [5.41, 5.74) is -0.463. The SMILES string of the molecule is Cc1c(O)c(=O)ccn1[C@@H](CO)C(=O)O. The normalized spacial score (nSPS) is 12.4. The summed E-state index contributed by atoms with van der Waals surface area (Å²) in [5.74, 6) is -1.74. The van der Waals surface area contributed by atoms with Gasteiger partial charge in [-0.3, -0.25) is 4.79 Å². The molecule has 0 amide bonds. The monoisotopic (exact) mass is 213 g/mol. The minimum Gasteiger partial charge on any atom is -0.503 e. The highest BCUT2D eigenvalue weighted by Crippen LogP contribution is 2.15. The van der Waals surface area contributed by atoms with Gasteiger partial charge < -0.3 is 19.9 Å². The van der Waals surface area contributed by atoms with Crippen molar-refractivity contribution in [2.45, 2.75) is 13.0 Å². The molecule has 0 saturated heterocycles. The van der Waals surface area contributed by atoms with E-state index in [0.29, 0.717) is 0 Å². The van der Waals surface area contributed by atoms with Gasteiger partial charge in [-0.1, -0.05) is 0 Å². The number of nitrogens with zero attached hydrogens (tertiary/aromatic N) is 1. The summed E-state index contributed by atoms with van der Waals surface area (Å²) in [5, 5.41) is 26.9. The number of aromatic nitrogens is 1. The van der Waals surface area contributed by atoms with E-state index >= 15 is 0 Å². The smallest absolute Gasteiger partial charge is 0.329 e. The highest BCUT2D eigenvalue weighted by Gasteiger charge is 2.20. The first-order chi connectivity index (χ1) is 6.99. The molecule has 0 aliphatic heterocycles. The highest BCUT2D eigenvalue weighted by molar-refractivity contribution is 5.72. The number of hydrogen-bond acceptors (Lipinski definition) is 4. The fourth-order valence-corrected chi connectivity index (χ4v) is 1.26. The second-order valence-corrected chi connectivity index (χ2v) is 3.06. The van der Waals surface area contributed by atoms with Gasteiger partial charge in [0.2, 0.25) is 5.43 Å². The third-order valence-corrected chi connectivity index (χ3v) is 2.14. The molecule has 1 heterocycles. The topological polar surface area (TPSA) is 99.8 Å². The number of rotatable bonds is 3. The molecule has 6 nitrogen and oxygen atoms in total. The summed E-state index contributed by atoms with van der Waals surface area (Å²) >= 11 is 0. The van der Waals surface area contributed by atoms with Crippen molar-refractivity contribution >= 4 is 5.97 Å². The molecule has 0 radical (unpaired) electrons.